The van der Waals surface area contributed by atoms with Crippen LogP contribution in [0.25, 0.3) is 21.3 Å². The summed E-state index contributed by atoms with van der Waals surface area (Å²) in [5.74, 6) is 1.29. The van der Waals surface area contributed by atoms with Gasteiger partial charge in [-0.1, -0.05) is 24.3 Å². The molecule has 4 aromatic rings. The molecule has 2 aromatic carbocycles. The zero-order chi connectivity index (χ0) is 22.8. The van der Waals surface area contributed by atoms with Crippen LogP contribution in [0.4, 0.5) is 10.1 Å². The molecule has 0 spiro atoms. The van der Waals surface area contributed by atoms with Crippen molar-refractivity contribution in [1.82, 2.24) is 14.9 Å². The van der Waals surface area contributed by atoms with Crippen LogP contribution in [0.15, 0.2) is 58.7 Å². The SMILES string of the molecule is CCOc1ccccc1N1CCN(Cc2nc3scc(-c4ccc(F)cc4)c3c(=O)[nH]2)CC1. The first-order valence-electron chi connectivity index (χ1n) is 11.1. The van der Waals surface area contributed by atoms with Gasteiger partial charge in [0.25, 0.3) is 5.56 Å². The van der Waals surface area contributed by atoms with E-state index in [1.54, 1.807) is 12.1 Å². The third-order valence-corrected chi connectivity index (χ3v) is 6.77. The molecule has 6 nitrogen and oxygen atoms in total. The number of aromatic amines is 1. The zero-order valence-electron chi connectivity index (χ0n) is 18.4. The maximum absolute atomic E-state index is 13.3. The largest absolute Gasteiger partial charge is 0.492 e. The van der Waals surface area contributed by atoms with E-state index in [4.69, 9.17) is 9.72 Å². The number of ether oxygens (including phenoxy) is 1. The third kappa shape index (κ3) is 4.49. The van der Waals surface area contributed by atoms with E-state index in [1.807, 2.05) is 30.5 Å². The molecule has 1 fully saturated rings. The van der Waals surface area contributed by atoms with E-state index >= 15 is 0 Å². The topological polar surface area (TPSA) is 61.5 Å². The molecule has 0 radical (unpaired) electrons. The summed E-state index contributed by atoms with van der Waals surface area (Å²) in [5.41, 5.74) is 2.57. The standard InChI is InChI=1S/C25H25FN4O2S/c1-2-32-21-6-4-3-5-20(21)30-13-11-29(12-14-30)15-22-27-24(31)23-19(16-33-25(23)28-22)17-7-9-18(26)10-8-17/h3-10,16H,2,11-15H2,1H3,(H,27,28,31). The van der Waals surface area contributed by atoms with Gasteiger partial charge in [-0.25, -0.2) is 9.37 Å². The number of hydrogen-bond donors (Lipinski definition) is 1. The van der Waals surface area contributed by atoms with E-state index < -0.39 is 0 Å². The van der Waals surface area contributed by atoms with Gasteiger partial charge < -0.3 is 14.6 Å². The van der Waals surface area contributed by atoms with E-state index in [2.05, 4.69) is 20.9 Å². The lowest BCUT2D eigenvalue weighted by molar-refractivity contribution is 0.243. The number of piperazine rings is 1. The Morgan fingerprint density at radius 2 is 1.85 bits per heavy atom. The third-order valence-electron chi connectivity index (χ3n) is 5.90. The fourth-order valence-electron chi connectivity index (χ4n) is 4.26. The molecule has 0 bridgehead atoms. The summed E-state index contributed by atoms with van der Waals surface area (Å²) >= 11 is 1.44. The Balaban J connectivity index is 1.30. The Morgan fingerprint density at radius 3 is 2.61 bits per heavy atom. The van der Waals surface area contributed by atoms with Gasteiger partial charge in [0.1, 0.15) is 22.2 Å². The number of H-pyrrole nitrogens is 1. The van der Waals surface area contributed by atoms with Crippen molar-refractivity contribution in [1.29, 1.82) is 0 Å². The number of para-hydroxylation sites is 2. The normalized spacial score (nSPS) is 14.7. The fourth-order valence-corrected chi connectivity index (χ4v) is 5.23. The molecule has 1 aliphatic rings. The molecule has 170 valence electrons. The maximum atomic E-state index is 13.3. The molecule has 1 aliphatic heterocycles. The first kappa shape index (κ1) is 21.6. The van der Waals surface area contributed by atoms with E-state index in [0.29, 0.717) is 29.2 Å². The molecule has 5 rings (SSSR count). The van der Waals surface area contributed by atoms with Gasteiger partial charge in [0.15, 0.2) is 0 Å². The number of nitrogens with zero attached hydrogens (tertiary/aromatic N) is 3. The second-order valence-electron chi connectivity index (χ2n) is 8.01. The fraction of sp³-hybridized carbons (Fsp3) is 0.280. The van der Waals surface area contributed by atoms with Crippen LogP contribution in [0.5, 0.6) is 5.75 Å². The van der Waals surface area contributed by atoms with E-state index in [9.17, 15) is 9.18 Å². The first-order valence-corrected chi connectivity index (χ1v) is 12.0. The second-order valence-corrected chi connectivity index (χ2v) is 8.87. The summed E-state index contributed by atoms with van der Waals surface area (Å²) in [4.78, 5) is 25.9. The van der Waals surface area contributed by atoms with Gasteiger partial charge in [0.05, 0.1) is 24.2 Å². The van der Waals surface area contributed by atoms with E-state index in [1.165, 1.54) is 23.5 Å². The highest BCUT2D eigenvalue weighted by molar-refractivity contribution is 7.17. The number of halogens is 1. The van der Waals surface area contributed by atoms with Gasteiger partial charge in [0.2, 0.25) is 0 Å². The number of thiophene rings is 1. The molecule has 0 aliphatic carbocycles. The molecule has 1 N–H and O–H groups in total. The minimum atomic E-state index is -0.297. The van der Waals surface area contributed by atoms with Crippen molar-refractivity contribution in [2.45, 2.75) is 13.5 Å². The summed E-state index contributed by atoms with van der Waals surface area (Å²) in [6.07, 6.45) is 0. The van der Waals surface area contributed by atoms with Crippen LogP contribution in [-0.4, -0.2) is 47.7 Å². The predicted octanol–water partition coefficient (Wildman–Crippen LogP) is 4.51. The van der Waals surface area contributed by atoms with Crippen molar-refractivity contribution in [3.63, 3.8) is 0 Å². The summed E-state index contributed by atoms with van der Waals surface area (Å²) in [6.45, 7) is 6.73. The molecule has 0 unspecified atom stereocenters. The summed E-state index contributed by atoms with van der Waals surface area (Å²) in [6, 6.07) is 14.3. The molecule has 3 heterocycles. The van der Waals surface area contributed by atoms with Crippen molar-refractivity contribution in [2.24, 2.45) is 0 Å². The average molecular weight is 465 g/mol. The van der Waals surface area contributed by atoms with Gasteiger partial charge in [-0.15, -0.1) is 11.3 Å². The highest BCUT2D eigenvalue weighted by Gasteiger charge is 2.21. The number of hydrogen-bond acceptors (Lipinski definition) is 6. The van der Waals surface area contributed by atoms with Crippen molar-refractivity contribution in [2.75, 3.05) is 37.7 Å². The Labute approximate surface area is 195 Å². The molecule has 0 atom stereocenters. The van der Waals surface area contributed by atoms with E-state index in [-0.39, 0.29) is 11.4 Å². The lowest BCUT2D eigenvalue weighted by Gasteiger charge is -2.36. The Kier molecular flexibility index (Phi) is 6.11. The van der Waals surface area contributed by atoms with Crippen LogP contribution in [-0.2, 0) is 6.54 Å². The van der Waals surface area contributed by atoms with Gasteiger partial charge in [-0.05, 0) is 36.8 Å². The minimum absolute atomic E-state index is 0.153. The number of aromatic nitrogens is 2. The van der Waals surface area contributed by atoms with Crippen molar-refractivity contribution < 1.29 is 9.13 Å². The number of nitrogens with one attached hydrogen (secondary N) is 1. The number of benzene rings is 2. The Hall–Kier alpha value is -3.23. The summed E-state index contributed by atoms with van der Waals surface area (Å²) in [7, 11) is 0. The molecule has 0 saturated carbocycles. The van der Waals surface area contributed by atoms with Gasteiger partial charge in [-0.3, -0.25) is 9.69 Å². The highest BCUT2D eigenvalue weighted by Crippen LogP contribution is 2.31. The van der Waals surface area contributed by atoms with Gasteiger partial charge >= 0.3 is 0 Å². The smallest absolute Gasteiger partial charge is 0.260 e. The number of rotatable bonds is 6. The summed E-state index contributed by atoms with van der Waals surface area (Å²) in [5, 5.41) is 2.48. The molecular formula is C25H25FN4O2S. The van der Waals surface area contributed by atoms with Gasteiger partial charge in [-0.2, -0.15) is 0 Å². The monoisotopic (exact) mass is 464 g/mol. The first-order chi connectivity index (χ1) is 16.1. The van der Waals surface area contributed by atoms with Crippen molar-refractivity contribution in [3.8, 4) is 16.9 Å². The Morgan fingerprint density at radius 1 is 1.09 bits per heavy atom. The van der Waals surface area contributed by atoms with Crippen LogP contribution < -0.4 is 15.2 Å². The van der Waals surface area contributed by atoms with Crippen molar-refractivity contribution >= 4 is 27.2 Å². The molecule has 0 amide bonds. The van der Waals surface area contributed by atoms with Crippen LogP contribution in [0.1, 0.15) is 12.7 Å². The zero-order valence-corrected chi connectivity index (χ0v) is 19.2. The quantitative estimate of drug-likeness (QED) is 0.455. The number of fused-ring (bicyclic) bond motifs is 1. The molecule has 1 saturated heterocycles. The second kappa shape index (κ2) is 9.33. The van der Waals surface area contributed by atoms with Crippen LogP contribution in [0, 0.1) is 5.82 Å². The maximum Gasteiger partial charge on any atom is 0.260 e. The van der Waals surface area contributed by atoms with Crippen molar-refractivity contribution in [3.05, 3.63) is 75.9 Å². The number of anilines is 1. The van der Waals surface area contributed by atoms with Crippen LogP contribution >= 0.6 is 11.3 Å². The van der Waals surface area contributed by atoms with Crippen LogP contribution in [0.3, 0.4) is 0 Å². The summed E-state index contributed by atoms with van der Waals surface area (Å²) < 4.78 is 19.1. The average Bonchev–Trinajstić information content (AvgIpc) is 3.25. The Bertz CT molecular complexity index is 1310. The van der Waals surface area contributed by atoms with Crippen LogP contribution in [0.2, 0.25) is 0 Å². The highest BCUT2D eigenvalue weighted by atomic mass is 32.1. The predicted molar refractivity (Wildman–Crippen MR) is 131 cm³/mol. The molecule has 33 heavy (non-hydrogen) atoms. The molecule has 8 heteroatoms. The minimum Gasteiger partial charge on any atom is -0.492 e. The lowest BCUT2D eigenvalue weighted by Crippen LogP contribution is -2.46. The van der Waals surface area contributed by atoms with E-state index in [0.717, 1.165) is 48.7 Å². The molecule has 2 aromatic heterocycles. The van der Waals surface area contributed by atoms with Gasteiger partial charge in [0, 0.05) is 37.1 Å². The lowest BCUT2D eigenvalue weighted by atomic mass is 10.1. The molecular weight excluding hydrogens is 439 g/mol.